The van der Waals surface area contributed by atoms with E-state index in [1.165, 1.54) is 186 Å². The van der Waals surface area contributed by atoms with Gasteiger partial charge in [0.05, 0.1) is 25.4 Å². The van der Waals surface area contributed by atoms with E-state index in [2.05, 4.69) is 47.7 Å². The Bertz CT molecular complexity index is 1360. The molecule has 1 aliphatic rings. The molecule has 1 amide bonds. The Morgan fingerprint density at radius 1 is 0.580 bits per heavy atom. The summed E-state index contributed by atoms with van der Waals surface area (Å²) in [6.45, 7) is 3.41. The average Bonchev–Trinajstić information content (AvgIpc) is 3.32. The van der Waals surface area contributed by atoms with E-state index >= 15 is 0 Å². The van der Waals surface area contributed by atoms with Crippen molar-refractivity contribution in [1.82, 2.24) is 5.32 Å². The highest BCUT2D eigenvalue weighted by Gasteiger charge is 2.48. The van der Waals surface area contributed by atoms with Gasteiger partial charge in [-0.3, -0.25) is 9.35 Å². The van der Waals surface area contributed by atoms with Gasteiger partial charge < -0.3 is 35.2 Å². The third kappa shape index (κ3) is 38.6. The normalized spacial score (nSPS) is 19.9. The lowest BCUT2D eigenvalue weighted by atomic mass is 9.99. The fourth-order valence-electron chi connectivity index (χ4n) is 9.02. The van der Waals surface area contributed by atoms with Crippen LogP contribution in [0.5, 0.6) is 0 Å². The Balaban J connectivity index is 2.35. The maximum atomic E-state index is 13.1. The molecule has 13 heteroatoms. The van der Waals surface area contributed by atoms with Gasteiger partial charge in [0.1, 0.15) is 24.4 Å². The van der Waals surface area contributed by atoms with Gasteiger partial charge in [0.15, 0.2) is 6.29 Å². The van der Waals surface area contributed by atoms with Crippen LogP contribution in [0, 0.1) is 0 Å². The summed E-state index contributed by atoms with van der Waals surface area (Å²) < 4.78 is 47.8. The predicted molar refractivity (Wildman–Crippen MR) is 282 cm³/mol. The predicted octanol–water partition coefficient (Wildman–Crippen LogP) is 13.0. The van der Waals surface area contributed by atoms with Gasteiger partial charge in [-0.05, 0) is 51.4 Å². The highest BCUT2D eigenvalue weighted by molar-refractivity contribution is 7.80. The molecule has 0 aromatic heterocycles. The average molecular weight is 1000 g/mol. The molecule has 406 valence electrons. The lowest BCUT2D eigenvalue weighted by Crippen LogP contribution is -2.61. The summed E-state index contributed by atoms with van der Waals surface area (Å²) >= 11 is 0. The van der Waals surface area contributed by atoms with Crippen molar-refractivity contribution in [2.24, 2.45) is 0 Å². The van der Waals surface area contributed by atoms with E-state index in [1.54, 1.807) is 6.08 Å². The zero-order valence-corrected chi connectivity index (χ0v) is 44.7. The second-order valence-corrected chi connectivity index (χ2v) is 20.9. The number of allylic oxidation sites excluding steroid dienone is 5. The molecule has 0 saturated carbocycles. The minimum atomic E-state index is -5.09. The summed E-state index contributed by atoms with van der Waals surface area (Å²) in [5, 5.41) is 44.9. The quantitative estimate of drug-likeness (QED) is 0.0193. The summed E-state index contributed by atoms with van der Waals surface area (Å²) in [6, 6.07) is -0.945. The van der Waals surface area contributed by atoms with Gasteiger partial charge in [0.25, 0.3) is 0 Å². The molecule has 69 heavy (non-hydrogen) atoms. The number of hydrogen-bond acceptors (Lipinski definition) is 10. The standard InChI is InChI=1S/C56H105NO11S/c1-3-5-7-9-11-13-15-17-19-20-21-22-23-24-25-26-27-28-29-30-32-34-36-38-40-42-44-46-52(60)57-49(48-66-56-54(62)55(68-69(63,64)65)53(61)51(47-58)67-56)50(59)45-43-41-39-37-35-33-31-18-16-14-12-10-8-6-4-2/h21-22,24-25,43,45,49-51,53-56,58-59,61-62H,3-20,23,26-42,44,46-48H2,1-2H3,(H,57,60)(H,63,64,65)/b22-21-,25-24-,45-43+. The van der Waals surface area contributed by atoms with Crippen molar-refractivity contribution in [3.8, 4) is 0 Å². The van der Waals surface area contributed by atoms with Crippen LogP contribution >= 0.6 is 0 Å². The fraction of sp³-hybridized carbons (Fsp3) is 0.875. The van der Waals surface area contributed by atoms with Crippen molar-refractivity contribution >= 4 is 16.3 Å². The van der Waals surface area contributed by atoms with Crippen LogP contribution in [0.3, 0.4) is 0 Å². The fourth-order valence-corrected chi connectivity index (χ4v) is 9.52. The second kappa shape index (κ2) is 46.1. The first-order valence-corrected chi connectivity index (χ1v) is 29.7. The molecule has 0 spiro atoms. The molecule has 1 aliphatic heterocycles. The molecular formula is C56H105NO11S. The molecule has 7 unspecified atom stereocenters. The molecule has 1 saturated heterocycles. The lowest BCUT2D eigenvalue weighted by molar-refractivity contribution is -0.298. The van der Waals surface area contributed by atoms with Gasteiger partial charge in [-0.25, -0.2) is 4.18 Å². The maximum absolute atomic E-state index is 13.1. The number of nitrogens with one attached hydrogen (secondary N) is 1. The van der Waals surface area contributed by atoms with Crippen molar-refractivity contribution in [3.63, 3.8) is 0 Å². The number of hydrogen-bond donors (Lipinski definition) is 6. The number of ether oxygens (including phenoxy) is 2. The summed E-state index contributed by atoms with van der Waals surface area (Å²) in [6.07, 6.45) is 49.0. The zero-order chi connectivity index (χ0) is 50.5. The molecule has 12 nitrogen and oxygen atoms in total. The van der Waals surface area contributed by atoms with E-state index in [-0.39, 0.29) is 18.9 Å². The number of unbranched alkanes of at least 4 members (excludes halogenated alkanes) is 33. The Kier molecular flexibility index (Phi) is 43.7. The number of aliphatic hydroxyl groups is 4. The minimum Gasteiger partial charge on any atom is -0.394 e. The number of amides is 1. The molecular weight excluding hydrogens is 895 g/mol. The summed E-state index contributed by atoms with van der Waals surface area (Å²) in [7, 11) is -5.09. The number of aliphatic hydroxyl groups excluding tert-OH is 4. The van der Waals surface area contributed by atoms with Gasteiger partial charge in [-0.15, -0.1) is 0 Å². The Labute approximate surface area is 422 Å². The van der Waals surface area contributed by atoms with Crippen molar-refractivity contribution in [2.45, 2.75) is 301 Å². The van der Waals surface area contributed by atoms with Crippen LogP contribution in [0.2, 0.25) is 0 Å². The third-order valence-corrected chi connectivity index (χ3v) is 13.9. The van der Waals surface area contributed by atoms with E-state index in [0.29, 0.717) is 6.42 Å². The Hall–Kier alpha value is -1.68. The van der Waals surface area contributed by atoms with E-state index in [0.717, 1.165) is 44.9 Å². The van der Waals surface area contributed by atoms with E-state index in [1.807, 2.05) is 6.08 Å². The van der Waals surface area contributed by atoms with Gasteiger partial charge in [-0.2, -0.15) is 8.42 Å². The van der Waals surface area contributed by atoms with Crippen LogP contribution in [0.4, 0.5) is 0 Å². The monoisotopic (exact) mass is 1000 g/mol. The lowest BCUT2D eigenvalue weighted by Gasteiger charge is -2.41. The van der Waals surface area contributed by atoms with Crippen molar-refractivity contribution in [1.29, 1.82) is 0 Å². The molecule has 6 N–H and O–H groups in total. The molecule has 1 heterocycles. The number of carbonyl (C=O) groups is 1. The van der Waals surface area contributed by atoms with Gasteiger partial charge in [0.2, 0.25) is 5.91 Å². The minimum absolute atomic E-state index is 0.263. The molecule has 1 rings (SSSR count). The molecule has 0 aromatic carbocycles. The largest absolute Gasteiger partial charge is 0.397 e. The molecule has 1 fully saturated rings. The van der Waals surface area contributed by atoms with Crippen LogP contribution in [0.25, 0.3) is 0 Å². The summed E-state index contributed by atoms with van der Waals surface area (Å²) in [4.78, 5) is 13.1. The van der Waals surface area contributed by atoms with E-state index in [9.17, 15) is 38.2 Å². The first-order valence-electron chi connectivity index (χ1n) is 28.4. The van der Waals surface area contributed by atoms with E-state index in [4.69, 9.17) is 9.47 Å². The van der Waals surface area contributed by atoms with Gasteiger partial charge >= 0.3 is 10.4 Å². The topological polar surface area (TPSA) is 192 Å². The SMILES string of the molecule is CCCCCCCCCCC/C=C\C/C=C\CCCCCCCCCCCCCC(=O)NC(COC1OC(CO)C(O)C(OS(=O)(=O)O)C1O)C(O)/C=C/CCCCCCCCCCCCCCC. The Morgan fingerprint density at radius 3 is 1.38 bits per heavy atom. The number of rotatable bonds is 49. The highest BCUT2D eigenvalue weighted by atomic mass is 32.3. The third-order valence-electron chi connectivity index (χ3n) is 13.4. The van der Waals surface area contributed by atoms with Crippen LogP contribution in [-0.4, -0.2) is 95.4 Å². The van der Waals surface area contributed by atoms with Crippen LogP contribution in [0.15, 0.2) is 36.5 Å². The molecule has 0 bridgehead atoms. The van der Waals surface area contributed by atoms with Crippen molar-refractivity contribution in [3.05, 3.63) is 36.5 Å². The second-order valence-electron chi connectivity index (χ2n) is 19.9. The van der Waals surface area contributed by atoms with E-state index < -0.39 is 59.9 Å². The number of carbonyl (C=O) groups excluding carboxylic acids is 1. The molecule has 0 aromatic rings. The van der Waals surface area contributed by atoms with Gasteiger partial charge in [0, 0.05) is 6.42 Å². The van der Waals surface area contributed by atoms with Crippen LogP contribution in [0.1, 0.15) is 258 Å². The van der Waals surface area contributed by atoms with Crippen molar-refractivity contribution < 1.29 is 51.8 Å². The first-order chi connectivity index (χ1) is 33.5. The zero-order valence-electron chi connectivity index (χ0n) is 43.9. The molecule has 0 radical (unpaired) electrons. The summed E-state index contributed by atoms with van der Waals surface area (Å²) in [5.74, 6) is -0.263. The van der Waals surface area contributed by atoms with Crippen LogP contribution in [-0.2, 0) is 28.9 Å². The van der Waals surface area contributed by atoms with Gasteiger partial charge in [-0.1, -0.05) is 237 Å². The molecule has 7 atom stereocenters. The first kappa shape index (κ1) is 65.3. The smallest absolute Gasteiger partial charge is 0.394 e. The maximum Gasteiger partial charge on any atom is 0.397 e. The summed E-state index contributed by atoms with van der Waals surface area (Å²) in [5.41, 5.74) is 0. The molecule has 0 aliphatic carbocycles. The van der Waals surface area contributed by atoms with Crippen molar-refractivity contribution in [2.75, 3.05) is 13.2 Å². The highest BCUT2D eigenvalue weighted by Crippen LogP contribution is 2.26. The van der Waals surface area contributed by atoms with Crippen LogP contribution < -0.4 is 5.32 Å². The Morgan fingerprint density at radius 2 is 0.971 bits per heavy atom.